The average molecular weight is 255 g/mol. The Bertz CT molecular complexity index is 276. The van der Waals surface area contributed by atoms with E-state index in [9.17, 15) is 9.59 Å². The maximum atomic E-state index is 12.0. The maximum Gasteiger partial charge on any atom is 0.328 e. The second kappa shape index (κ2) is 9.68. The minimum atomic E-state index is -0.615. The molecular formula is C14H25NO3. The lowest BCUT2D eigenvalue weighted by atomic mass is 9.98. The SMILES string of the molecule is C=CCC(NC(=O)C(CC)CCCC)C(=O)OC. The molecule has 0 aromatic rings. The minimum absolute atomic E-state index is 0.0260. The van der Waals surface area contributed by atoms with Gasteiger partial charge in [-0.2, -0.15) is 0 Å². The lowest BCUT2D eigenvalue weighted by molar-refractivity contribution is -0.145. The Balaban J connectivity index is 4.45. The molecule has 0 spiro atoms. The molecule has 0 heterocycles. The normalized spacial score (nSPS) is 13.5. The number of carbonyl (C=O) groups is 2. The number of unbranched alkanes of at least 4 members (excludes halogenated alkanes) is 1. The van der Waals surface area contributed by atoms with E-state index in [2.05, 4.69) is 23.6 Å². The summed E-state index contributed by atoms with van der Waals surface area (Å²) in [6.07, 6.45) is 5.74. The Morgan fingerprint density at radius 1 is 1.39 bits per heavy atom. The summed E-state index contributed by atoms with van der Waals surface area (Å²) in [5, 5.41) is 2.74. The maximum absolute atomic E-state index is 12.0. The predicted octanol–water partition coefficient (Wildman–Crippen LogP) is 2.44. The second-order valence-electron chi connectivity index (χ2n) is 4.36. The summed E-state index contributed by atoms with van der Waals surface area (Å²) in [6.45, 7) is 7.66. The van der Waals surface area contributed by atoms with Crippen molar-refractivity contribution in [2.75, 3.05) is 7.11 Å². The van der Waals surface area contributed by atoms with Crippen LogP contribution in [0, 0.1) is 5.92 Å². The number of rotatable bonds is 9. The molecule has 0 aliphatic carbocycles. The summed E-state index contributed by atoms with van der Waals surface area (Å²) in [6, 6.07) is -0.615. The number of hydrogen-bond donors (Lipinski definition) is 1. The molecule has 2 unspecified atom stereocenters. The van der Waals surface area contributed by atoms with E-state index >= 15 is 0 Å². The van der Waals surface area contributed by atoms with E-state index in [0.717, 1.165) is 25.7 Å². The van der Waals surface area contributed by atoms with Gasteiger partial charge in [-0.15, -0.1) is 6.58 Å². The summed E-state index contributed by atoms with van der Waals surface area (Å²) in [4.78, 5) is 23.5. The first-order chi connectivity index (χ1) is 8.60. The topological polar surface area (TPSA) is 55.4 Å². The fourth-order valence-corrected chi connectivity index (χ4v) is 1.78. The van der Waals surface area contributed by atoms with Crippen molar-refractivity contribution in [3.63, 3.8) is 0 Å². The number of carbonyl (C=O) groups excluding carboxylic acids is 2. The van der Waals surface area contributed by atoms with E-state index in [1.54, 1.807) is 6.08 Å². The first-order valence-corrected chi connectivity index (χ1v) is 6.59. The first-order valence-electron chi connectivity index (χ1n) is 6.59. The third-order valence-corrected chi connectivity index (χ3v) is 2.97. The van der Waals surface area contributed by atoms with Crippen LogP contribution < -0.4 is 5.32 Å². The van der Waals surface area contributed by atoms with Crippen molar-refractivity contribution in [3.8, 4) is 0 Å². The number of esters is 1. The highest BCUT2D eigenvalue weighted by Crippen LogP contribution is 2.13. The van der Waals surface area contributed by atoms with Crippen molar-refractivity contribution >= 4 is 11.9 Å². The van der Waals surface area contributed by atoms with E-state index < -0.39 is 12.0 Å². The van der Waals surface area contributed by atoms with Crippen LogP contribution in [0.25, 0.3) is 0 Å². The fourth-order valence-electron chi connectivity index (χ4n) is 1.78. The number of methoxy groups -OCH3 is 1. The van der Waals surface area contributed by atoms with E-state index in [1.807, 2.05) is 6.92 Å². The summed E-state index contributed by atoms with van der Waals surface area (Å²) in [5.74, 6) is -0.515. The summed E-state index contributed by atoms with van der Waals surface area (Å²) < 4.78 is 4.66. The lowest BCUT2D eigenvalue weighted by Crippen LogP contribution is -2.43. The molecular weight excluding hydrogens is 230 g/mol. The summed E-state index contributed by atoms with van der Waals surface area (Å²) in [7, 11) is 1.32. The van der Waals surface area contributed by atoms with E-state index in [4.69, 9.17) is 0 Å². The minimum Gasteiger partial charge on any atom is -0.467 e. The fraction of sp³-hybridized carbons (Fsp3) is 0.714. The van der Waals surface area contributed by atoms with Gasteiger partial charge in [0.1, 0.15) is 6.04 Å². The zero-order valence-corrected chi connectivity index (χ0v) is 11.7. The van der Waals surface area contributed by atoms with Gasteiger partial charge in [0.2, 0.25) is 5.91 Å². The van der Waals surface area contributed by atoms with Gasteiger partial charge in [0.15, 0.2) is 0 Å². The highest BCUT2D eigenvalue weighted by molar-refractivity contribution is 5.85. The van der Waals surface area contributed by atoms with Gasteiger partial charge >= 0.3 is 5.97 Å². The molecule has 0 saturated carbocycles. The Kier molecular flexibility index (Phi) is 8.97. The van der Waals surface area contributed by atoms with Gasteiger partial charge in [0.25, 0.3) is 0 Å². The van der Waals surface area contributed by atoms with Crippen LogP contribution in [0.15, 0.2) is 12.7 Å². The Labute approximate surface area is 110 Å². The van der Waals surface area contributed by atoms with Crippen molar-refractivity contribution in [1.29, 1.82) is 0 Å². The van der Waals surface area contributed by atoms with Crippen LogP contribution in [-0.2, 0) is 14.3 Å². The third kappa shape index (κ3) is 5.84. The van der Waals surface area contributed by atoms with Crippen LogP contribution in [0.4, 0.5) is 0 Å². The zero-order valence-electron chi connectivity index (χ0n) is 11.7. The standard InChI is InChI=1S/C14H25NO3/c1-5-8-10-11(7-3)13(16)15-12(9-6-2)14(17)18-4/h6,11-12H,2,5,7-10H2,1,3-4H3,(H,15,16). The summed E-state index contributed by atoms with van der Waals surface area (Å²) in [5.41, 5.74) is 0. The van der Waals surface area contributed by atoms with E-state index in [-0.39, 0.29) is 11.8 Å². The monoisotopic (exact) mass is 255 g/mol. The highest BCUT2D eigenvalue weighted by Gasteiger charge is 2.23. The number of amides is 1. The molecule has 4 nitrogen and oxygen atoms in total. The zero-order chi connectivity index (χ0) is 14.0. The Hall–Kier alpha value is -1.32. The Morgan fingerprint density at radius 2 is 2.06 bits per heavy atom. The van der Waals surface area contributed by atoms with Crippen LogP contribution in [0.2, 0.25) is 0 Å². The molecule has 0 bridgehead atoms. The van der Waals surface area contributed by atoms with Gasteiger partial charge in [0.05, 0.1) is 7.11 Å². The molecule has 1 N–H and O–H groups in total. The predicted molar refractivity (Wildman–Crippen MR) is 72.1 cm³/mol. The van der Waals surface area contributed by atoms with Crippen LogP contribution in [-0.4, -0.2) is 25.0 Å². The molecule has 2 atom stereocenters. The molecule has 4 heteroatoms. The van der Waals surface area contributed by atoms with Crippen molar-refractivity contribution in [2.24, 2.45) is 5.92 Å². The molecule has 0 fully saturated rings. The van der Waals surface area contributed by atoms with E-state index in [0.29, 0.717) is 6.42 Å². The largest absolute Gasteiger partial charge is 0.467 e. The van der Waals surface area contributed by atoms with E-state index in [1.165, 1.54) is 7.11 Å². The molecule has 0 aliphatic heterocycles. The average Bonchev–Trinajstić information content (AvgIpc) is 2.38. The number of ether oxygens (including phenoxy) is 1. The third-order valence-electron chi connectivity index (χ3n) is 2.97. The highest BCUT2D eigenvalue weighted by atomic mass is 16.5. The molecule has 0 saturated heterocycles. The van der Waals surface area contributed by atoms with Crippen molar-refractivity contribution in [3.05, 3.63) is 12.7 Å². The molecule has 1 amide bonds. The van der Waals surface area contributed by atoms with Gasteiger partial charge < -0.3 is 10.1 Å². The Morgan fingerprint density at radius 3 is 2.50 bits per heavy atom. The first kappa shape index (κ1) is 16.7. The van der Waals surface area contributed by atoms with Gasteiger partial charge in [-0.3, -0.25) is 4.79 Å². The van der Waals surface area contributed by atoms with Gasteiger partial charge in [-0.05, 0) is 19.3 Å². The number of nitrogens with one attached hydrogen (secondary N) is 1. The van der Waals surface area contributed by atoms with Crippen LogP contribution in [0.3, 0.4) is 0 Å². The molecule has 0 radical (unpaired) electrons. The molecule has 0 aromatic heterocycles. The summed E-state index contributed by atoms with van der Waals surface area (Å²) >= 11 is 0. The van der Waals surface area contributed by atoms with Gasteiger partial charge in [-0.1, -0.05) is 32.8 Å². The quantitative estimate of drug-likeness (QED) is 0.508. The van der Waals surface area contributed by atoms with Gasteiger partial charge in [0, 0.05) is 5.92 Å². The van der Waals surface area contributed by atoms with Crippen LogP contribution in [0.1, 0.15) is 46.0 Å². The molecule has 0 aromatic carbocycles. The van der Waals surface area contributed by atoms with Crippen molar-refractivity contribution in [1.82, 2.24) is 5.32 Å². The van der Waals surface area contributed by atoms with Crippen LogP contribution in [0.5, 0.6) is 0 Å². The second-order valence-corrected chi connectivity index (χ2v) is 4.36. The van der Waals surface area contributed by atoms with Crippen molar-refractivity contribution < 1.29 is 14.3 Å². The number of hydrogen-bond acceptors (Lipinski definition) is 3. The molecule has 18 heavy (non-hydrogen) atoms. The lowest BCUT2D eigenvalue weighted by Gasteiger charge is -2.19. The van der Waals surface area contributed by atoms with Crippen molar-refractivity contribution in [2.45, 2.75) is 52.0 Å². The van der Waals surface area contributed by atoms with Crippen LogP contribution >= 0.6 is 0 Å². The van der Waals surface area contributed by atoms with Gasteiger partial charge in [-0.25, -0.2) is 4.79 Å². The molecule has 0 rings (SSSR count). The smallest absolute Gasteiger partial charge is 0.328 e. The molecule has 0 aliphatic rings. The molecule has 104 valence electrons.